The molecule has 0 spiro atoms. The van der Waals surface area contributed by atoms with Gasteiger partial charge in [0.1, 0.15) is 12.4 Å². The molecule has 0 radical (unpaired) electrons. The average Bonchev–Trinajstić information content (AvgIpc) is 2.41. The molecule has 0 aliphatic rings. The third-order valence-electron chi connectivity index (χ3n) is 2.44. The van der Waals surface area contributed by atoms with Gasteiger partial charge in [-0.25, -0.2) is 9.37 Å². The van der Waals surface area contributed by atoms with Crippen LogP contribution in [0.25, 0.3) is 6.08 Å². The molecule has 2 nitrogen and oxygen atoms in total. The zero-order valence-electron chi connectivity index (χ0n) is 10.1. The van der Waals surface area contributed by atoms with Gasteiger partial charge in [0.05, 0.1) is 0 Å². The standard InChI is InChI=1S/C15H14FNO/c1-2-5-13-8-7-12(10-14(13)16)11-18-15-6-3-4-9-17-15/h2-10H,11H2,1H3/b5-2+. The summed E-state index contributed by atoms with van der Waals surface area (Å²) in [7, 11) is 0. The summed E-state index contributed by atoms with van der Waals surface area (Å²) >= 11 is 0. The van der Waals surface area contributed by atoms with E-state index in [9.17, 15) is 4.39 Å². The summed E-state index contributed by atoms with van der Waals surface area (Å²) in [6, 6.07) is 10.5. The minimum absolute atomic E-state index is 0.241. The van der Waals surface area contributed by atoms with Gasteiger partial charge < -0.3 is 4.74 Å². The van der Waals surface area contributed by atoms with Gasteiger partial charge in [0.25, 0.3) is 0 Å². The van der Waals surface area contributed by atoms with Crippen molar-refractivity contribution in [3.63, 3.8) is 0 Å². The molecule has 0 saturated heterocycles. The van der Waals surface area contributed by atoms with Gasteiger partial charge in [-0.1, -0.05) is 30.4 Å². The van der Waals surface area contributed by atoms with Gasteiger partial charge in [-0.05, 0) is 24.6 Å². The fourth-order valence-corrected chi connectivity index (χ4v) is 1.56. The van der Waals surface area contributed by atoms with E-state index in [1.807, 2.05) is 31.2 Å². The highest BCUT2D eigenvalue weighted by molar-refractivity contribution is 5.50. The van der Waals surface area contributed by atoms with E-state index in [-0.39, 0.29) is 5.82 Å². The zero-order chi connectivity index (χ0) is 12.8. The fourth-order valence-electron chi connectivity index (χ4n) is 1.56. The van der Waals surface area contributed by atoms with Crippen LogP contribution in [-0.4, -0.2) is 4.98 Å². The van der Waals surface area contributed by atoms with E-state index < -0.39 is 0 Å². The first-order valence-electron chi connectivity index (χ1n) is 5.74. The fraction of sp³-hybridized carbons (Fsp3) is 0.133. The van der Waals surface area contributed by atoms with Crippen LogP contribution in [0.4, 0.5) is 4.39 Å². The Kier molecular flexibility index (Phi) is 4.07. The molecule has 0 bridgehead atoms. The van der Waals surface area contributed by atoms with Crippen molar-refractivity contribution < 1.29 is 9.13 Å². The van der Waals surface area contributed by atoms with Crippen molar-refractivity contribution in [2.45, 2.75) is 13.5 Å². The molecule has 1 heterocycles. The van der Waals surface area contributed by atoms with Crippen LogP contribution in [0.3, 0.4) is 0 Å². The van der Waals surface area contributed by atoms with Gasteiger partial charge in [-0.2, -0.15) is 0 Å². The lowest BCUT2D eigenvalue weighted by atomic mass is 10.1. The average molecular weight is 243 g/mol. The number of pyridine rings is 1. The van der Waals surface area contributed by atoms with Crippen LogP contribution in [0.5, 0.6) is 5.88 Å². The van der Waals surface area contributed by atoms with Crippen molar-refractivity contribution in [3.8, 4) is 5.88 Å². The SMILES string of the molecule is C/C=C/c1ccc(COc2ccccn2)cc1F. The van der Waals surface area contributed by atoms with Crippen LogP contribution in [0, 0.1) is 5.82 Å². The van der Waals surface area contributed by atoms with E-state index in [2.05, 4.69) is 4.98 Å². The van der Waals surface area contributed by atoms with Crippen molar-refractivity contribution >= 4 is 6.08 Å². The quantitative estimate of drug-likeness (QED) is 0.814. The first kappa shape index (κ1) is 12.3. The number of allylic oxidation sites excluding steroid dienone is 1. The Morgan fingerprint density at radius 3 is 2.83 bits per heavy atom. The molecule has 0 aliphatic heterocycles. The van der Waals surface area contributed by atoms with E-state index in [0.717, 1.165) is 5.56 Å². The third kappa shape index (κ3) is 3.17. The second-order valence-electron chi connectivity index (χ2n) is 3.81. The maximum atomic E-state index is 13.6. The Morgan fingerprint density at radius 2 is 2.17 bits per heavy atom. The molecule has 18 heavy (non-hydrogen) atoms. The predicted molar refractivity (Wildman–Crippen MR) is 69.7 cm³/mol. The summed E-state index contributed by atoms with van der Waals surface area (Å²) < 4.78 is 19.1. The molecular weight excluding hydrogens is 229 g/mol. The number of hydrogen-bond acceptors (Lipinski definition) is 2. The minimum atomic E-state index is -0.241. The Bertz CT molecular complexity index is 537. The van der Waals surface area contributed by atoms with Crippen molar-refractivity contribution in [1.82, 2.24) is 4.98 Å². The normalized spacial score (nSPS) is 10.8. The van der Waals surface area contributed by atoms with E-state index in [4.69, 9.17) is 4.74 Å². The van der Waals surface area contributed by atoms with E-state index >= 15 is 0 Å². The number of halogens is 1. The smallest absolute Gasteiger partial charge is 0.213 e. The molecule has 0 aliphatic carbocycles. The highest BCUT2D eigenvalue weighted by atomic mass is 19.1. The Balaban J connectivity index is 2.04. The molecule has 0 N–H and O–H groups in total. The zero-order valence-corrected chi connectivity index (χ0v) is 10.1. The van der Waals surface area contributed by atoms with Gasteiger partial charge in [-0.3, -0.25) is 0 Å². The van der Waals surface area contributed by atoms with E-state index in [1.165, 1.54) is 6.07 Å². The Morgan fingerprint density at radius 1 is 1.28 bits per heavy atom. The lowest BCUT2D eigenvalue weighted by Gasteiger charge is -2.06. The monoisotopic (exact) mass is 243 g/mol. The molecule has 0 saturated carbocycles. The minimum Gasteiger partial charge on any atom is -0.473 e. The summed E-state index contributed by atoms with van der Waals surface area (Å²) in [6.45, 7) is 2.17. The maximum absolute atomic E-state index is 13.6. The Labute approximate surface area is 106 Å². The molecule has 3 heteroatoms. The lowest BCUT2D eigenvalue weighted by Crippen LogP contribution is -1.98. The number of aromatic nitrogens is 1. The molecule has 1 aromatic carbocycles. The molecule has 92 valence electrons. The summed E-state index contributed by atoms with van der Waals surface area (Å²) in [5.74, 6) is 0.297. The highest BCUT2D eigenvalue weighted by Crippen LogP contribution is 2.14. The first-order chi connectivity index (χ1) is 8.79. The summed E-state index contributed by atoms with van der Waals surface area (Å²) in [4.78, 5) is 4.04. The van der Waals surface area contributed by atoms with E-state index in [1.54, 1.807) is 24.4 Å². The van der Waals surface area contributed by atoms with Crippen molar-refractivity contribution in [2.75, 3.05) is 0 Å². The topological polar surface area (TPSA) is 22.1 Å². The molecule has 2 rings (SSSR count). The van der Waals surface area contributed by atoms with Crippen molar-refractivity contribution in [1.29, 1.82) is 0 Å². The van der Waals surface area contributed by atoms with E-state index in [0.29, 0.717) is 18.1 Å². The number of benzene rings is 1. The van der Waals surface area contributed by atoms with Crippen molar-refractivity contribution in [3.05, 3.63) is 65.6 Å². The van der Waals surface area contributed by atoms with Gasteiger partial charge in [0.2, 0.25) is 5.88 Å². The largest absolute Gasteiger partial charge is 0.473 e. The molecule has 1 aromatic heterocycles. The second-order valence-corrected chi connectivity index (χ2v) is 3.81. The van der Waals surface area contributed by atoms with Crippen LogP contribution >= 0.6 is 0 Å². The number of ether oxygens (including phenoxy) is 1. The third-order valence-corrected chi connectivity index (χ3v) is 2.44. The van der Waals surface area contributed by atoms with Crippen molar-refractivity contribution in [2.24, 2.45) is 0 Å². The summed E-state index contributed by atoms with van der Waals surface area (Å²) in [5.41, 5.74) is 1.37. The lowest BCUT2D eigenvalue weighted by molar-refractivity contribution is 0.293. The first-order valence-corrected chi connectivity index (χ1v) is 5.74. The van der Waals surface area contributed by atoms with Gasteiger partial charge in [0, 0.05) is 17.8 Å². The van der Waals surface area contributed by atoms with Crippen LogP contribution in [0.1, 0.15) is 18.1 Å². The Hall–Kier alpha value is -2.16. The number of hydrogen-bond donors (Lipinski definition) is 0. The summed E-state index contributed by atoms with van der Waals surface area (Å²) in [5, 5.41) is 0. The molecule has 0 amide bonds. The molecule has 0 fully saturated rings. The van der Waals surface area contributed by atoms with Crippen LogP contribution in [0.15, 0.2) is 48.7 Å². The highest BCUT2D eigenvalue weighted by Gasteiger charge is 2.02. The number of nitrogens with zero attached hydrogens (tertiary/aromatic N) is 1. The second kappa shape index (κ2) is 5.96. The van der Waals surface area contributed by atoms with Crippen LogP contribution in [-0.2, 0) is 6.61 Å². The summed E-state index contributed by atoms with van der Waals surface area (Å²) in [6.07, 6.45) is 5.20. The van der Waals surface area contributed by atoms with Gasteiger partial charge in [-0.15, -0.1) is 0 Å². The number of rotatable bonds is 4. The molecule has 0 unspecified atom stereocenters. The van der Waals surface area contributed by atoms with Crippen LogP contribution in [0.2, 0.25) is 0 Å². The molecular formula is C15H14FNO. The molecule has 0 atom stereocenters. The predicted octanol–water partition coefficient (Wildman–Crippen LogP) is 3.83. The van der Waals surface area contributed by atoms with Crippen LogP contribution < -0.4 is 4.74 Å². The molecule has 2 aromatic rings. The van der Waals surface area contributed by atoms with Gasteiger partial charge in [0.15, 0.2) is 0 Å². The van der Waals surface area contributed by atoms with Gasteiger partial charge >= 0.3 is 0 Å². The maximum Gasteiger partial charge on any atom is 0.213 e.